The molecule has 0 amide bonds. The Hall–Kier alpha value is -1.31. The van der Waals surface area contributed by atoms with Gasteiger partial charge in [-0.15, -0.1) is 0 Å². The van der Waals surface area contributed by atoms with Crippen LogP contribution in [0.5, 0.6) is 0 Å². The summed E-state index contributed by atoms with van der Waals surface area (Å²) in [5.41, 5.74) is 0.204. The van der Waals surface area contributed by atoms with E-state index in [0.717, 1.165) is 15.6 Å². The minimum atomic E-state index is -3.23. The molecule has 0 radical (unpaired) electrons. The van der Waals surface area contributed by atoms with E-state index in [0.29, 0.717) is 4.90 Å². The average molecular weight is 387 g/mol. The summed E-state index contributed by atoms with van der Waals surface area (Å²) < 4.78 is 23.6. The predicted octanol–water partition coefficient (Wildman–Crippen LogP) is 3.70. The number of rotatable bonds is 4. The van der Waals surface area contributed by atoms with Crippen LogP contribution in [0.4, 0.5) is 0 Å². The Kier molecular flexibility index (Phi) is 4.75. The number of carboxylic acid groups (broad SMARTS) is 1. The van der Waals surface area contributed by atoms with Gasteiger partial charge in [0.15, 0.2) is 9.84 Å². The average Bonchev–Trinajstić information content (AvgIpc) is 2.38. The van der Waals surface area contributed by atoms with Gasteiger partial charge in [-0.25, -0.2) is 13.2 Å². The van der Waals surface area contributed by atoms with Crippen LogP contribution in [-0.4, -0.2) is 25.7 Å². The van der Waals surface area contributed by atoms with Crippen LogP contribution < -0.4 is 0 Å². The van der Waals surface area contributed by atoms with Gasteiger partial charge in [0, 0.05) is 20.5 Å². The molecular formula is C14H11BrO4S2. The van der Waals surface area contributed by atoms with Crippen LogP contribution in [0.15, 0.2) is 61.6 Å². The third kappa shape index (κ3) is 4.09. The minimum Gasteiger partial charge on any atom is -0.478 e. The third-order valence-electron chi connectivity index (χ3n) is 2.65. The number of benzene rings is 2. The number of sulfone groups is 1. The summed E-state index contributed by atoms with van der Waals surface area (Å²) in [6.07, 6.45) is 1.14. The van der Waals surface area contributed by atoms with Crippen molar-refractivity contribution in [1.82, 2.24) is 0 Å². The molecule has 2 rings (SSSR count). The molecule has 0 unspecified atom stereocenters. The molecule has 7 heteroatoms. The number of carboxylic acids is 1. The molecule has 4 nitrogen and oxygen atoms in total. The molecule has 0 aliphatic rings. The summed E-state index contributed by atoms with van der Waals surface area (Å²) in [5.74, 6) is -1.00. The summed E-state index contributed by atoms with van der Waals surface area (Å²) in [7, 11) is -3.23. The van der Waals surface area contributed by atoms with Crippen molar-refractivity contribution in [1.29, 1.82) is 0 Å². The van der Waals surface area contributed by atoms with E-state index in [-0.39, 0.29) is 10.5 Å². The van der Waals surface area contributed by atoms with Gasteiger partial charge in [-0.05, 0) is 42.5 Å². The quantitative estimate of drug-likeness (QED) is 0.866. The van der Waals surface area contributed by atoms with Gasteiger partial charge >= 0.3 is 5.97 Å². The molecule has 0 aliphatic carbocycles. The largest absolute Gasteiger partial charge is 0.478 e. The van der Waals surface area contributed by atoms with Crippen molar-refractivity contribution in [2.75, 3.05) is 6.26 Å². The minimum absolute atomic E-state index is 0.204. The summed E-state index contributed by atoms with van der Waals surface area (Å²) in [6, 6.07) is 11.3. The van der Waals surface area contributed by atoms with E-state index in [2.05, 4.69) is 15.9 Å². The molecule has 2 aromatic rings. The molecule has 0 saturated carbocycles. The highest BCUT2D eigenvalue weighted by Gasteiger charge is 2.12. The van der Waals surface area contributed by atoms with E-state index >= 15 is 0 Å². The van der Waals surface area contributed by atoms with E-state index < -0.39 is 15.8 Å². The number of carbonyl (C=O) groups is 1. The fraction of sp³-hybridized carbons (Fsp3) is 0.0714. The van der Waals surface area contributed by atoms with Gasteiger partial charge in [-0.3, -0.25) is 0 Å². The lowest BCUT2D eigenvalue weighted by atomic mass is 10.2. The highest BCUT2D eigenvalue weighted by Crippen LogP contribution is 2.33. The molecule has 21 heavy (non-hydrogen) atoms. The van der Waals surface area contributed by atoms with Crippen LogP contribution in [0, 0.1) is 0 Å². The summed E-state index contributed by atoms with van der Waals surface area (Å²) >= 11 is 4.58. The first-order valence-electron chi connectivity index (χ1n) is 5.78. The van der Waals surface area contributed by atoms with Crippen molar-refractivity contribution in [3.8, 4) is 0 Å². The number of hydrogen-bond acceptors (Lipinski definition) is 4. The second-order valence-corrected chi connectivity index (χ2v) is 8.34. The van der Waals surface area contributed by atoms with E-state index in [1.54, 1.807) is 24.3 Å². The van der Waals surface area contributed by atoms with Crippen LogP contribution >= 0.6 is 27.7 Å². The lowest BCUT2D eigenvalue weighted by molar-refractivity contribution is 0.0693. The maximum Gasteiger partial charge on any atom is 0.336 e. The zero-order valence-electron chi connectivity index (χ0n) is 10.9. The SMILES string of the molecule is CS(=O)(=O)c1ccc(Sc2cc(Br)ccc2C(=O)O)cc1. The van der Waals surface area contributed by atoms with Gasteiger partial charge in [-0.2, -0.15) is 0 Å². The van der Waals surface area contributed by atoms with Crippen molar-refractivity contribution >= 4 is 43.5 Å². The molecule has 0 aromatic heterocycles. The Morgan fingerprint density at radius 1 is 1.14 bits per heavy atom. The van der Waals surface area contributed by atoms with Gasteiger partial charge in [0.2, 0.25) is 0 Å². The van der Waals surface area contributed by atoms with E-state index in [1.165, 1.54) is 30.0 Å². The Balaban J connectivity index is 2.34. The van der Waals surface area contributed by atoms with E-state index in [4.69, 9.17) is 0 Å². The fourth-order valence-corrected chi connectivity index (χ4v) is 3.76. The van der Waals surface area contributed by atoms with Gasteiger partial charge in [0.1, 0.15) is 0 Å². The van der Waals surface area contributed by atoms with Crippen molar-refractivity contribution in [3.05, 3.63) is 52.5 Å². The lowest BCUT2D eigenvalue weighted by Gasteiger charge is -2.07. The van der Waals surface area contributed by atoms with Crippen molar-refractivity contribution in [2.24, 2.45) is 0 Å². The molecule has 1 N–H and O–H groups in total. The molecule has 2 aromatic carbocycles. The molecule has 0 bridgehead atoms. The second kappa shape index (κ2) is 6.21. The summed E-state index contributed by atoms with van der Waals surface area (Å²) in [4.78, 5) is 12.8. The van der Waals surface area contributed by atoms with E-state index in [1.807, 2.05) is 0 Å². The third-order valence-corrected chi connectivity index (χ3v) is 5.34. The number of aromatic carboxylic acids is 1. The second-order valence-electron chi connectivity index (χ2n) is 4.29. The van der Waals surface area contributed by atoms with Crippen molar-refractivity contribution < 1.29 is 18.3 Å². The van der Waals surface area contributed by atoms with Crippen LogP contribution in [0.1, 0.15) is 10.4 Å². The zero-order chi connectivity index (χ0) is 15.6. The highest BCUT2D eigenvalue weighted by atomic mass is 79.9. The maximum atomic E-state index is 11.4. The molecule has 110 valence electrons. The van der Waals surface area contributed by atoms with Crippen molar-refractivity contribution in [2.45, 2.75) is 14.7 Å². The first-order chi connectivity index (χ1) is 9.77. The predicted molar refractivity (Wildman–Crippen MR) is 84.8 cm³/mol. The molecular weight excluding hydrogens is 376 g/mol. The highest BCUT2D eigenvalue weighted by molar-refractivity contribution is 9.10. The van der Waals surface area contributed by atoms with Crippen LogP contribution in [0.25, 0.3) is 0 Å². The van der Waals surface area contributed by atoms with Crippen LogP contribution in [0.2, 0.25) is 0 Å². The molecule has 0 heterocycles. The van der Waals surface area contributed by atoms with Gasteiger partial charge < -0.3 is 5.11 Å². The van der Waals surface area contributed by atoms with E-state index in [9.17, 15) is 18.3 Å². The fourth-order valence-electron chi connectivity index (χ4n) is 1.64. The Labute approximate surface area is 135 Å². The Bertz CT molecular complexity index is 783. The number of hydrogen-bond donors (Lipinski definition) is 1. The Morgan fingerprint density at radius 3 is 2.29 bits per heavy atom. The standard InChI is InChI=1S/C14H11BrO4S2/c1-21(18,19)11-5-3-10(4-6-11)20-13-8-9(15)2-7-12(13)14(16)17/h2-8H,1H3,(H,16,17). The first kappa shape index (κ1) is 16.1. The van der Waals surface area contributed by atoms with Gasteiger partial charge in [0.25, 0.3) is 0 Å². The van der Waals surface area contributed by atoms with Crippen molar-refractivity contribution in [3.63, 3.8) is 0 Å². The zero-order valence-corrected chi connectivity index (χ0v) is 14.1. The van der Waals surface area contributed by atoms with Crippen LogP contribution in [-0.2, 0) is 9.84 Å². The Morgan fingerprint density at radius 2 is 1.76 bits per heavy atom. The first-order valence-corrected chi connectivity index (χ1v) is 9.28. The summed E-state index contributed by atoms with van der Waals surface area (Å²) in [5, 5.41) is 9.18. The van der Waals surface area contributed by atoms with Gasteiger partial charge in [0.05, 0.1) is 10.5 Å². The molecule has 0 saturated heterocycles. The van der Waals surface area contributed by atoms with Gasteiger partial charge in [-0.1, -0.05) is 27.7 Å². The maximum absolute atomic E-state index is 11.4. The monoisotopic (exact) mass is 386 g/mol. The number of halogens is 1. The molecule has 0 spiro atoms. The topological polar surface area (TPSA) is 71.4 Å². The molecule has 0 fully saturated rings. The smallest absolute Gasteiger partial charge is 0.336 e. The lowest BCUT2D eigenvalue weighted by Crippen LogP contribution is -1.98. The molecule has 0 atom stereocenters. The normalized spacial score (nSPS) is 11.3. The van der Waals surface area contributed by atoms with Crippen LogP contribution in [0.3, 0.4) is 0 Å². The molecule has 0 aliphatic heterocycles. The summed E-state index contributed by atoms with van der Waals surface area (Å²) in [6.45, 7) is 0.